The molecule has 0 saturated carbocycles. The fourth-order valence-electron chi connectivity index (χ4n) is 6.20. The summed E-state index contributed by atoms with van der Waals surface area (Å²) >= 11 is 0. The number of carbonyl (C=O) groups is 1. The highest BCUT2D eigenvalue weighted by atomic mass is 16.7. The van der Waals surface area contributed by atoms with Gasteiger partial charge in [0.25, 0.3) is 0 Å². The number of hydrogen-bond donors (Lipinski definition) is 1. The zero-order valence-corrected chi connectivity index (χ0v) is 29.5. The summed E-state index contributed by atoms with van der Waals surface area (Å²) in [6.45, 7) is 6.09. The van der Waals surface area contributed by atoms with Gasteiger partial charge < -0.3 is 14.6 Å². The van der Waals surface area contributed by atoms with Gasteiger partial charge >= 0.3 is 6.16 Å². The maximum atomic E-state index is 10.5. The van der Waals surface area contributed by atoms with Crippen LogP contribution in [-0.2, 0) is 9.47 Å². The molecule has 0 bridgehead atoms. The van der Waals surface area contributed by atoms with Gasteiger partial charge in [0, 0.05) is 13.2 Å². The Morgan fingerprint density at radius 1 is 0.442 bits per heavy atom. The molecule has 1 N–H and O–H groups in total. The van der Waals surface area contributed by atoms with Crippen LogP contribution in [0, 0.1) is 0 Å². The monoisotopic (exact) mass is 611 g/mol. The molecule has 4 nitrogen and oxygen atoms in total. The molecule has 1 unspecified atom stereocenters. The van der Waals surface area contributed by atoms with Gasteiger partial charge in [-0.3, -0.25) is 0 Å². The van der Waals surface area contributed by atoms with Crippen LogP contribution in [0.25, 0.3) is 0 Å². The average molecular weight is 611 g/mol. The predicted octanol–water partition coefficient (Wildman–Crippen LogP) is 14.0. The highest BCUT2D eigenvalue weighted by Crippen LogP contribution is 2.16. The van der Waals surface area contributed by atoms with Crippen LogP contribution in [0.3, 0.4) is 0 Å². The smallest absolute Gasteiger partial charge is 0.450 e. The van der Waals surface area contributed by atoms with E-state index < -0.39 is 6.16 Å². The Kier molecular flexibility index (Phi) is 36.7. The zero-order valence-electron chi connectivity index (χ0n) is 29.5. The zero-order chi connectivity index (χ0) is 31.3. The van der Waals surface area contributed by atoms with Crippen molar-refractivity contribution in [3.8, 4) is 0 Å². The molecule has 0 rings (SSSR count). The predicted molar refractivity (Wildman–Crippen MR) is 187 cm³/mol. The van der Waals surface area contributed by atoms with E-state index >= 15 is 0 Å². The van der Waals surface area contributed by atoms with Crippen molar-refractivity contribution in [2.24, 2.45) is 0 Å². The van der Waals surface area contributed by atoms with Gasteiger partial charge in [-0.2, -0.15) is 0 Å². The van der Waals surface area contributed by atoms with E-state index in [1.165, 1.54) is 199 Å². The van der Waals surface area contributed by atoms with Crippen molar-refractivity contribution in [1.82, 2.24) is 0 Å². The maximum Gasteiger partial charge on any atom is 0.506 e. The second kappa shape index (κ2) is 37.4. The summed E-state index contributed by atoms with van der Waals surface area (Å²) in [6.07, 6.45) is 43.8. The van der Waals surface area contributed by atoms with Gasteiger partial charge in [0.15, 0.2) is 0 Å². The minimum Gasteiger partial charge on any atom is -0.450 e. The molecule has 0 amide bonds. The lowest BCUT2D eigenvalue weighted by Gasteiger charge is -2.09. The van der Waals surface area contributed by atoms with Gasteiger partial charge in [-0.25, -0.2) is 4.79 Å². The van der Waals surface area contributed by atoms with Crippen molar-refractivity contribution in [2.45, 2.75) is 232 Å². The Morgan fingerprint density at radius 2 is 0.698 bits per heavy atom. The minimum atomic E-state index is -1.15. The maximum absolute atomic E-state index is 10.5. The van der Waals surface area contributed by atoms with Gasteiger partial charge in [-0.05, 0) is 32.6 Å². The first kappa shape index (κ1) is 42.2. The number of rotatable bonds is 37. The molecule has 258 valence electrons. The molecule has 0 aromatic heterocycles. The Morgan fingerprint density at radius 3 is 0.977 bits per heavy atom. The lowest BCUT2D eigenvalue weighted by atomic mass is 10.0. The second-order valence-electron chi connectivity index (χ2n) is 13.6. The van der Waals surface area contributed by atoms with Gasteiger partial charge in [0.1, 0.15) is 6.10 Å². The molecule has 0 saturated heterocycles. The van der Waals surface area contributed by atoms with Gasteiger partial charge in [-0.1, -0.05) is 193 Å². The van der Waals surface area contributed by atoms with Crippen LogP contribution in [0.5, 0.6) is 0 Å². The molecule has 0 radical (unpaired) electrons. The first-order chi connectivity index (χ1) is 21.2. The van der Waals surface area contributed by atoms with E-state index in [0.29, 0.717) is 0 Å². The third kappa shape index (κ3) is 39.2. The van der Waals surface area contributed by atoms with E-state index in [-0.39, 0.29) is 6.10 Å². The van der Waals surface area contributed by atoms with Crippen molar-refractivity contribution >= 4 is 6.16 Å². The molecule has 43 heavy (non-hydrogen) atoms. The first-order valence-electron chi connectivity index (χ1n) is 19.6. The van der Waals surface area contributed by atoms with Crippen LogP contribution in [-0.4, -0.2) is 30.6 Å². The van der Waals surface area contributed by atoms with Gasteiger partial charge in [0.2, 0.25) is 0 Å². The van der Waals surface area contributed by atoms with Crippen molar-refractivity contribution in [1.29, 1.82) is 0 Å². The Labute approximate surface area is 270 Å². The molecule has 0 heterocycles. The van der Waals surface area contributed by atoms with Crippen molar-refractivity contribution in [3.63, 3.8) is 0 Å². The van der Waals surface area contributed by atoms with Crippen LogP contribution in [0.2, 0.25) is 0 Å². The van der Waals surface area contributed by atoms with Crippen molar-refractivity contribution < 1.29 is 19.4 Å². The lowest BCUT2D eigenvalue weighted by molar-refractivity contribution is 0.0547. The normalized spacial score (nSPS) is 12.1. The summed E-state index contributed by atoms with van der Waals surface area (Å²) in [5.74, 6) is 0. The van der Waals surface area contributed by atoms with Gasteiger partial charge in [0.05, 0.1) is 0 Å². The highest BCUT2D eigenvalue weighted by Gasteiger charge is 2.06. The first-order valence-corrected chi connectivity index (χ1v) is 19.6. The van der Waals surface area contributed by atoms with E-state index in [2.05, 4.69) is 6.92 Å². The third-order valence-corrected chi connectivity index (χ3v) is 9.09. The van der Waals surface area contributed by atoms with Crippen LogP contribution in [0.4, 0.5) is 4.79 Å². The van der Waals surface area contributed by atoms with Crippen molar-refractivity contribution in [2.75, 3.05) is 13.2 Å². The third-order valence-electron chi connectivity index (χ3n) is 9.09. The molecule has 0 aliphatic rings. The van der Waals surface area contributed by atoms with Crippen LogP contribution in [0.15, 0.2) is 0 Å². The van der Waals surface area contributed by atoms with Crippen LogP contribution >= 0.6 is 0 Å². The molecule has 4 heteroatoms. The fourth-order valence-corrected chi connectivity index (χ4v) is 6.20. The summed E-state index contributed by atoms with van der Waals surface area (Å²) in [7, 11) is 0. The highest BCUT2D eigenvalue weighted by molar-refractivity contribution is 5.56. The van der Waals surface area contributed by atoms with E-state index in [9.17, 15) is 4.79 Å². The number of hydrogen-bond acceptors (Lipinski definition) is 3. The lowest BCUT2D eigenvalue weighted by Crippen LogP contribution is -2.12. The largest absolute Gasteiger partial charge is 0.506 e. The molecule has 0 aromatic rings. The molecule has 0 aliphatic heterocycles. The molecule has 0 spiro atoms. The molecule has 0 fully saturated rings. The molecule has 0 aromatic carbocycles. The number of unbranched alkanes of at least 4 members (excludes halogenated alkanes) is 30. The summed E-state index contributed by atoms with van der Waals surface area (Å²) < 4.78 is 10.6. The van der Waals surface area contributed by atoms with E-state index in [4.69, 9.17) is 14.6 Å². The number of ether oxygens (including phenoxy) is 2. The quantitative estimate of drug-likeness (QED) is 0.0561. The average Bonchev–Trinajstić information content (AvgIpc) is 2.98. The summed E-state index contributed by atoms with van der Waals surface area (Å²) in [4.78, 5) is 10.5. The Hall–Kier alpha value is -0.770. The molecular weight excluding hydrogens is 532 g/mol. The van der Waals surface area contributed by atoms with Gasteiger partial charge in [-0.15, -0.1) is 0 Å². The fraction of sp³-hybridized carbons (Fsp3) is 0.974. The molecule has 1 atom stereocenters. The summed E-state index contributed by atoms with van der Waals surface area (Å²) in [6, 6.07) is 0. The number of carboxylic acid groups (broad SMARTS) is 1. The van der Waals surface area contributed by atoms with Crippen molar-refractivity contribution in [3.05, 3.63) is 0 Å². The Balaban J connectivity index is 3.06. The summed E-state index contributed by atoms with van der Waals surface area (Å²) in [5, 5.41) is 8.59. The molecule has 0 aliphatic carbocycles. The second-order valence-corrected chi connectivity index (χ2v) is 13.6. The Bertz CT molecular complexity index is 523. The molecular formula is C39H78O4. The van der Waals surface area contributed by atoms with E-state index in [1.807, 2.05) is 6.92 Å². The van der Waals surface area contributed by atoms with Crippen LogP contribution < -0.4 is 0 Å². The van der Waals surface area contributed by atoms with E-state index in [1.54, 1.807) is 0 Å². The minimum absolute atomic E-state index is 0.166. The standard InChI is InChI=1S/C39H78O4/c1-3-4-5-6-7-8-9-10-11-15-18-21-24-27-30-33-36-42-37-34-31-28-25-22-19-16-13-12-14-17-20-23-26-29-32-35-38(2)43-39(40)41/h38H,3-37H2,1-2H3,(H,40,41). The topological polar surface area (TPSA) is 55.8 Å². The SMILES string of the molecule is CCCCCCCCCCCCCCCCCCOCCCCCCCCCCCCCCCCCCC(C)OC(=O)O. The van der Waals surface area contributed by atoms with Crippen LogP contribution in [0.1, 0.15) is 226 Å². The summed E-state index contributed by atoms with van der Waals surface area (Å²) in [5.41, 5.74) is 0. The van der Waals surface area contributed by atoms with E-state index in [0.717, 1.165) is 26.1 Å².